The zero-order valence-corrected chi connectivity index (χ0v) is 12.0. The maximum atomic E-state index is 13.8. The fourth-order valence-corrected chi connectivity index (χ4v) is 2.60. The van der Waals surface area contributed by atoms with E-state index >= 15 is 0 Å². The highest BCUT2D eigenvalue weighted by Crippen LogP contribution is 2.25. The van der Waals surface area contributed by atoms with E-state index < -0.39 is 17.8 Å². The molecule has 0 fully saturated rings. The van der Waals surface area contributed by atoms with Crippen molar-refractivity contribution in [3.63, 3.8) is 0 Å². The van der Waals surface area contributed by atoms with E-state index in [1.807, 2.05) is 0 Å². The number of amides is 2. The van der Waals surface area contributed by atoms with Gasteiger partial charge in [-0.3, -0.25) is 10.2 Å². The number of halogens is 1. The Kier molecular flexibility index (Phi) is 4.54. The number of aromatic carboxylic acids is 1. The fourth-order valence-electron chi connectivity index (χ4n) is 1.83. The number of carboxylic acids is 1. The third kappa shape index (κ3) is 3.19. The Morgan fingerprint density at radius 1 is 1.33 bits per heavy atom. The molecule has 0 aliphatic carbocycles. The number of hydrogen-bond donors (Lipinski definition) is 2. The molecule has 0 unspecified atom stereocenters. The van der Waals surface area contributed by atoms with Crippen LogP contribution >= 0.6 is 11.3 Å². The summed E-state index contributed by atoms with van der Waals surface area (Å²) in [5, 5.41) is 13.3. The maximum absolute atomic E-state index is 13.8. The average Bonchev–Trinajstić information content (AvgIpc) is 2.90. The molecule has 7 heteroatoms. The van der Waals surface area contributed by atoms with Crippen molar-refractivity contribution in [3.05, 3.63) is 47.1 Å². The van der Waals surface area contributed by atoms with E-state index in [-0.39, 0.29) is 22.8 Å². The van der Waals surface area contributed by atoms with Crippen LogP contribution in [0.3, 0.4) is 0 Å². The van der Waals surface area contributed by atoms with Crippen LogP contribution in [0.4, 0.5) is 19.9 Å². The molecule has 0 bridgehead atoms. The summed E-state index contributed by atoms with van der Waals surface area (Å²) in [6.45, 7) is 1.96. The van der Waals surface area contributed by atoms with Crippen LogP contribution in [0.1, 0.15) is 17.3 Å². The van der Waals surface area contributed by atoms with Crippen molar-refractivity contribution in [3.8, 4) is 0 Å². The third-order valence-electron chi connectivity index (χ3n) is 2.82. The molecule has 1 aromatic carbocycles. The number of nitrogens with zero attached hydrogens (tertiary/aromatic N) is 1. The molecular weight excluding hydrogens is 295 g/mol. The average molecular weight is 308 g/mol. The zero-order chi connectivity index (χ0) is 15.4. The standard InChI is InChI=1S/C14H13FN2O3S/c1-2-17(11-6-4-3-5-10(11)15)14(20)16-12-9(13(18)19)7-8-21-12/h3-8H,2H2,1H3,(H,16,20)(H,18,19). The maximum Gasteiger partial charge on any atom is 0.338 e. The lowest BCUT2D eigenvalue weighted by Gasteiger charge is -2.21. The summed E-state index contributed by atoms with van der Waals surface area (Å²) >= 11 is 1.10. The lowest BCUT2D eigenvalue weighted by Crippen LogP contribution is -2.35. The SMILES string of the molecule is CCN(C(=O)Nc1sccc1C(=O)O)c1ccccc1F. The van der Waals surface area contributed by atoms with Gasteiger partial charge in [0.1, 0.15) is 10.8 Å². The molecule has 110 valence electrons. The number of urea groups is 1. The number of carboxylic acid groups (broad SMARTS) is 1. The molecule has 1 heterocycles. The van der Waals surface area contributed by atoms with Crippen molar-refractivity contribution in [2.45, 2.75) is 6.92 Å². The van der Waals surface area contributed by atoms with E-state index in [9.17, 15) is 14.0 Å². The first kappa shape index (κ1) is 15.0. The van der Waals surface area contributed by atoms with Gasteiger partial charge in [-0.1, -0.05) is 12.1 Å². The van der Waals surface area contributed by atoms with E-state index in [4.69, 9.17) is 5.11 Å². The van der Waals surface area contributed by atoms with Gasteiger partial charge in [0, 0.05) is 6.54 Å². The minimum atomic E-state index is -1.12. The second-order valence-electron chi connectivity index (χ2n) is 4.09. The van der Waals surface area contributed by atoms with Gasteiger partial charge in [0.05, 0.1) is 11.3 Å². The topological polar surface area (TPSA) is 69.6 Å². The van der Waals surface area contributed by atoms with Crippen LogP contribution in [0, 0.1) is 5.82 Å². The second kappa shape index (κ2) is 6.36. The third-order valence-corrected chi connectivity index (χ3v) is 3.65. The smallest absolute Gasteiger partial charge is 0.338 e. The largest absolute Gasteiger partial charge is 0.478 e. The molecule has 5 nitrogen and oxygen atoms in total. The van der Waals surface area contributed by atoms with Gasteiger partial charge in [-0.05, 0) is 30.5 Å². The van der Waals surface area contributed by atoms with Gasteiger partial charge in [-0.2, -0.15) is 0 Å². The number of benzene rings is 1. The lowest BCUT2D eigenvalue weighted by molar-refractivity contribution is 0.0698. The Bertz CT molecular complexity index is 672. The molecule has 0 spiro atoms. The normalized spacial score (nSPS) is 10.2. The highest BCUT2D eigenvalue weighted by Gasteiger charge is 2.20. The van der Waals surface area contributed by atoms with Crippen molar-refractivity contribution >= 4 is 34.0 Å². The number of anilines is 2. The van der Waals surface area contributed by atoms with Gasteiger partial charge in [0.25, 0.3) is 0 Å². The van der Waals surface area contributed by atoms with Gasteiger partial charge in [0.2, 0.25) is 0 Å². The van der Waals surface area contributed by atoms with Crippen molar-refractivity contribution < 1.29 is 19.1 Å². The van der Waals surface area contributed by atoms with Crippen LogP contribution in [0.2, 0.25) is 0 Å². The second-order valence-corrected chi connectivity index (χ2v) is 5.01. The fraction of sp³-hybridized carbons (Fsp3) is 0.143. The van der Waals surface area contributed by atoms with Crippen LogP contribution in [0.25, 0.3) is 0 Å². The van der Waals surface area contributed by atoms with Crippen LogP contribution in [-0.2, 0) is 0 Å². The first-order chi connectivity index (χ1) is 10.0. The molecule has 0 saturated heterocycles. The predicted molar refractivity (Wildman–Crippen MR) is 79.7 cm³/mol. The summed E-state index contributed by atoms with van der Waals surface area (Å²) in [7, 11) is 0. The Morgan fingerprint density at radius 2 is 2.05 bits per heavy atom. The first-order valence-electron chi connectivity index (χ1n) is 6.18. The van der Waals surface area contributed by atoms with Crippen molar-refractivity contribution in [1.82, 2.24) is 0 Å². The quantitative estimate of drug-likeness (QED) is 0.906. The predicted octanol–water partition coefficient (Wildman–Crippen LogP) is 3.64. The van der Waals surface area contributed by atoms with Crippen LogP contribution in [-0.4, -0.2) is 23.7 Å². The molecule has 2 amide bonds. The minimum Gasteiger partial charge on any atom is -0.478 e. The van der Waals surface area contributed by atoms with Gasteiger partial charge in [-0.15, -0.1) is 11.3 Å². The molecule has 0 atom stereocenters. The molecule has 0 aliphatic heterocycles. The van der Waals surface area contributed by atoms with E-state index in [1.54, 1.807) is 18.4 Å². The molecule has 1 aromatic heterocycles. The Morgan fingerprint density at radius 3 is 2.67 bits per heavy atom. The van der Waals surface area contributed by atoms with Crippen LogP contribution < -0.4 is 10.2 Å². The Hall–Kier alpha value is -2.41. The van der Waals surface area contributed by atoms with E-state index in [0.29, 0.717) is 0 Å². The number of hydrogen-bond acceptors (Lipinski definition) is 3. The number of thiophene rings is 1. The number of rotatable bonds is 4. The van der Waals surface area contributed by atoms with Crippen LogP contribution in [0.15, 0.2) is 35.7 Å². The molecular formula is C14H13FN2O3S. The molecule has 21 heavy (non-hydrogen) atoms. The lowest BCUT2D eigenvalue weighted by atomic mass is 10.3. The van der Waals surface area contributed by atoms with Gasteiger partial charge in [-0.25, -0.2) is 14.0 Å². The Balaban J connectivity index is 2.24. The molecule has 0 saturated carbocycles. The minimum absolute atomic E-state index is 0.0120. The van der Waals surface area contributed by atoms with Crippen molar-refractivity contribution in [1.29, 1.82) is 0 Å². The molecule has 0 radical (unpaired) electrons. The number of para-hydroxylation sites is 1. The molecule has 0 aliphatic rings. The van der Waals surface area contributed by atoms with Crippen molar-refractivity contribution in [2.75, 3.05) is 16.8 Å². The van der Waals surface area contributed by atoms with Gasteiger partial charge >= 0.3 is 12.0 Å². The highest BCUT2D eigenvalue weighted by atomic mass is 32.1. The molecule has 2 N–H and O–H groups in total. The summed E-state index contributed by atoms with van der Waals surface area (Å²) in [5.74, 6) is -1.64. The van der Waals surface area contributed by atoms with Crippen molar-refractivity contribution in [2.24, 2.45) is 0 Å². The first-order valence-corrected chi connectivity index (χ1v) is 7.06. The number of carbonyl (C=O) groups excluding carboxylic acids is 1. The van der Waals surface area contributed by atoms with Gasteiger partial charge in [0.15, 0.2) is 0 Å². The monoisotopic (exact) mass is 308 g/mol. The number of carbonyl (C=O) groups is 2. The highest BCUT2D eigenvalue weighted by molar-refractivity contribution is 7.14. The van der Waals surface area contributed by atoms with E-state index in [1.165, 1.54) is 29.2 Å². The number of nitrogens with one attached hydrogen (secondary N) is 1. The zero-order valence-electron chi connectivity index (χ0n) is 11.2. The molecule has 2 aromatic rings. The summed E-state index contributed by atoms with van der Waals surface area (Å²) in [6, 6.07) is 6.74. The molecule has 2 rings (SSSR count). The Labute approximate surface area is 124 Å². The summed E-state index contributed by atoms with van der Waals surface area (Å²) in [5.41, 5.74) is 0.156. The summed E-state index contributed by atoms with van der Waals surface area (Å²) in [6.07, 6.45) is 0. The van der Waals surface area contributed by atoms with E-state index in [0.717, 1.165) is 11.3 Å². The van der Waals surface area contributed by atoms with Crippen LogP contribution in [0.5, 0.6) is 0 Å². The van der Waals surface area contributed by atoms with E-state index in [2.05, 4.69) is 5.32 Å². The summed E-state index contributed by atoms with van der Waals surface area (Å²) < 4.78 is 13.8. The van der Waals surface area contributed by atoms with Gasteiger partial charge < -0.3 is 5.11 Å². The summed E-state index contributed by atoms with van der Waals surface area (Å²) in [4.78, 5) is 24.4.